The SMILES string of the molecule is CC[C@H](NC(=N)N)C1CC(OCc2ccc3ccccc3c2)CN1C(=O)C(Cc1ccccc1)NC(=O)C(Cc1ccc(O)cc1)NC(C)=O. The van der Waals surface area contributed by atoms with Gasteiger partial charge in [0, 0.05) is 32.4 Å². The van der Waals surface area contributed by atoms with Crippen molar-refractivity contribution < 1.29 is 24.2 Å². The van der Waals surface area contributed by atoms with E-state index in [0.29, 0.717) is 19.4 Å². The van der Waals surface area contributed by atoms with Gasteiger partial charge in [0.2, 0.25) is 17.7 Å². The Kier molecular flexibility index (Phi) is 12.1. The number of fused-ring (bicyclic) bond motifs is 1. The number of phenols is 1. The maximum absolute atomic E-state index is 14.6. The Hall–Kier alpha value is -5.42. The first-order chi connectivity index (χ1) is 24.1. The molecule has 0 bridgehead atoms. The number of aromatic hydroxyl groups is 1. The van der Waals surface area contributed by atoms with Gasteiger partial charge in [-0.15, -0.1) is 0 Å². The molecular weight excluding hydrogens is 632 g/mol. The molecule has 1 aliphatic rings. The second-order valence-corrected chi connectivity index (χ2v) is 12.9. The molecule has 1 saturated heterocycles. The van der Waals surface area contributed by atoms with E-state index in [1.54, 1.807) is 17.0 Å². The monoisotopic (exact) mass is 678 g/mol. The van der Waals surface area contributed by atoms with Crippen molar-refractivity contribution in [3.05, 3.63) is 114 Å². The summed E-state index contributed by atoms with van der Waals surface area (Å²) in [5, 5.41) is 28.6. The lowest BCUT2D eigenvalue weighted by Crippen LogP contribution is -2.58. The van der Waals surface area contributed by atoms with Crippen LogP contribution in [0.4, 0.5) is 0 Å². The van der Waals surface area contributed by atoms with Gasteiger partial charge in [-0.2, -0.15) is 0 Å². The van der Waals surface area contributed by atoms with Crippen LogP contribution < -0.4 is 21.7 Å². The first-order valence-corrected chi connectivity index (χ1v) is 17.0. The number of carbonyl (C=O) groups is 3. The molecule has 1 aliphatic heterocycles. The van der Waals surface area contributed by atoms with Crippen molar-refractivity contribution >= 4 is 34.5 Å². The number of amides is 3. The average Bonchev–Trinajstić information content (AvgIpc) is 3.54. The van der Waals surface area contributed by atoms with E-state index in [2.05, 4.69) is 40.2 Å². The number of rotatable bonds is 14. The highest BCUT2D eigenvalue weighted by Crippen LogP contribution is 2.27. The lowest BCUT2D eigenvalue weighted by molar-refractivity contribution is -0.138. The van der Waals surface area contributed by atoms with E-state index in [0.717, 1.165) is 27.5 Å². The Labute approximate surface area is 292 Å². The van der Waals surface area contributed by atoms with Gasteiger partial charge >= 0.3 is 0 Å². The molecule has 0 radical (unpaired) electrons. The van der Waals surface area contributed by atoms with Crippen LogP contribution in [0.1, 0.15) is 43.4 Å². The van der Waals surface area contributed by atoms with Crippen LogP contribution in [0, 0.1) is 5.41 Å². The number of phenolic OH excluding ortho intramolecular Hbond substituents is 1. The molecule has 262 valence electrons. The number of ether oxygens (including phenoxy) is 1. The van der Waals surface area contributed by atoms with Crippen LogP contribution in [0.2, 0.25) is 0 Å². The minimum Gasteiger partial charge on any atom is -0.508 e. The number of guanidine groups is 1. The van der Waals surface area contributed by atoms with E-state index in [4.69, 9.17) is 15.9 Å². The third-order valence-electron chi connectivity index (χ3n) is 9.10. The van der Waals surface area contributed by atoms with Crippen LogP contribution in [0.3, 0.4) is 0 Å². The molecule has 0 aliphatic carbocycles. The standard InChI is InChI=1S/C39H46N6O5/c1-3-33(44-39(40)41)36-22-32(50-24-28-13-16-29-11-7-8-12-30(29)19-28)23-45(36)38(49)35(21-26-9-5-4-6-10-26)43-37(48)34(42-25(2)46)20-27-14-17-31(47)18-15-27/h4-19,32-36,47H,3,20-24H2,1-2H3,(H,42,46)(H,43,48)(H4,40,41,44)/t32?,33-,34?,35?,36?/m0/s1. The Balaban J connectivity index is 1.39. The molecule has 7 N–H and O–H groups in total. The Morgan fingerprint density at radius 1 is 0.860 bits per heavy atom. The van der Waals surface area contributed by atoms with Crippen LogP contribution >= 0.6 is 0 Å². The summed E-state index contributed by atoms with van der Waals surface area (Å²) < 4.78 is 6.42. The average molecular weight is 679 g/mol. The molecule has 3 amide bonds. The second-order valence-electron chi connectivity index (χ2n) is 12.9. The van der Waals surface area contributed by atoms with Crippen LogP contribution in [-0.4, -0.2) is 70.5 Å². The number of hydrogen-bond acceptors (Lipinski definition) is 6. The maximum Gasteiger partial charge on any atom is 0.245 e. The molecule has 4 aromatic carbocycles. The summed E-state index contributed by atoms with van der Waals surface area (Å²) in [6.45, 7) is 3.96. The summed E-state index contributed by atoms with van der Waals surface area (Å²) in [7, 11) is 0. The van der Waals surface area contributed by atoms with E-state index in [1.165, 1.54) is 19.1 Å². The first kappa shape index (κ1) is 35.9. The van der Waals surface area contributed by atoms with Gasteiger partial charge in [0.15, 0.2) is 5.96 Å². The fourth-order valence-corrected chi connectivity index (χ4v) is 6.64. The second kappa shape index (κ2) is 16.8. The summed E-state index contributed by atoms with van der Waals surface area (Å²) in [5.74, 6) is -1.28. The predicted molar refractivity (Wildman–Crippen MR) is 193 cm³/mol. The number of nitrogens with two attached hydrogens (primary N) is 1. The van der Waals surface area contributed by atoms with E-state index in [1.807, 2.05) is 55.5 Å². The van der Waals surface area contributed by atoms with Gasteiger partial charge < -0.3 is 36.4 Å². The summed E-state index contributed by atoms with van der Waals surface area (Å²) in [6, 6.07) is 27.6. The molecule has 11 heteroatoms. The summed E-state index contributed by atoms with van der Waals surface area (Å²) in [4.78, 5) is 42.4. The molecule has 0 saturated carbocycles. The zero-order chi connectivity index (χ0) is 35.6. The minimum absolute atomic E-state index is 0.0900. The first-order valence-electron chi connectivity index (χ1n) is 17.0. The minimum atomic E-state index is -0.961. The van der Waals surface area contributed by atoms with Crippen molar-refractivity contribution in [3.8, 4) is 5.75 Å². The number of carbonyl (C=O) groups excluding carboxylic acids is 3. The third kappa shape index (κ3) is 9.60. The largest absolute Gasteiger partial charge is 0.508 e. The highest BCUT2D eigenvalue weighted by molar-refractivity contribution is 5.92. The Morgan fingerprint density at radius 3 is 2.18 bits per heavy atom. The molecule has 5 atom stereocenters. The lowest BCUT2D eigenvalue weighted by atomic mass is 9.99. The van der Waals surface area contributed by atoms with Gasteiger partial charge in [-0.05, 0) is 58.5 Å². The van der Waals surface area contributed by atoms with Crippen LogP contribution in [-0.2, 0) is 38.6 Å². The van der Waals surface area contributed by atoms with Crippen molar-refractivity contribution in [2.45, 2.75) is 76.4 Å². The lowest BCUT2D eigenvalue weighted by Gasteiger charge is -2.34. The number of benzene rings is 4. The third-order valence-corrected chi connectivity index (χ3v) is 9.10. The smallest absolute Gasteiger partial charge is 0.245 e. The van der Waals surface area contributed by atoms with Crippen molar-refractivity contribution in [1.82, 2.24) is 20.9 Å². The predicted octanol–water partition coefficient (Wildman–Crippen LogP) is 3.77. The van der Waals surface area contributed by atoms with E-state index < -0.39 is 18.0 Å². The Bertz CT molecular complexity index is 1780. The molecule has 4 unspecified atom stereocenters. The molecule has 50 heavy (non-hydrogen) atoms. The highest BCUT2D eigenvalue weighted by Gasteiger charge is 2.42. The van der Waals surface area contributed by atoms with Gasteiger partial charge in [0.05, 0.1) is 18.8 Å². The molecule has 1 fully saturated rings. The zero-order valence-electron chi connectivity index (χ0n) is 28.5. The van der Waals surface area contributed by atoms with Gasteiger partial charge in [0.25, 0.3) is 0 Å². The fourth-order valence-electron chi connectivity index (χ4n) is 6.64. The van der Waals surface area contributed by atoms with Gasteiger partial charge in [0.1, 0.15) is 17.8 Å². The van der Waals surface area contributed by atoms with Gasteiger partial charge in [-0.25, -0.2) is 0 Å². The number of hydrogen-bond donors (Lipinski definition) is 6. The van der Waals surface area contributed by atoms with Gasteiger partial charge in [-0.1, -0.05) is 85.8 Å². The van der Waals surface area contributed by atoms with Crippen LogP contribution in [0.5, 0.6) is 5.75 Å². The van der Waals surface area contributed by atoms with Crippen molar-refractivity contribution in [2.75, 3.05) is 6.54 Å². The summed E-state index contributed by atoms with van der Waals surface area (Å²) >= 11 is 0. The topological polar surface area (TPSA) is 170 Å². The van der Waals surface area contributed by atoms with Gasteiger partial charge in [-0.3, -0.25) is 19.8 Å². The number of nitrogens with zero attached hydrogens (tertiary/aromatic N) is 1. The van der Waals surface area contributed by atoms with Crippen molar-refractivity contribution in [3.63, 3.8) is 0 Å². The molecule has 1 heterocycles. The van der Waals surface area contributed by atoms with Crippen LogP contribution in [0.25, 0.3) is 10.8 Å². The van der Waals surface area contributed by atoms with E-state index in [9.17, 15) is 19.5 Å². The molecule has 11 nitrogen and oxygen atoms in total. The Morgan fingerprint density at radius 2 is 1.50 bits per heavy atom. The molecule has 5 rings (SSSR count). The van der Waals surface area contributed by atoms with Crippen molar-refractivity contribution in [2.24, 2.45) is 5.73 Å². The maximum atomic E-state index is 14.6. The molecular formula is C39H46N6O5. The highest BCUT2D eigenvalue weighted by atomic mass is 16.5. The number of likely N-dealkylation sites (tertiary alicyclic amines) is 1. The summed E-state index contributed by atoms with van der Waals surface area (Å²) in [5.41, 5.74) is 8.38. The number of nitrogens with one attached hydrogen (secondary N) is 4. The summed E-state index contributed by atoms with van der Waals surface area (Å²) in [6.07, 6.45) is 1.20. The molecule has 4 aromatic rings. The quantitative estimate of drug-likeness (QED) is 0.0871. The molecule has 0 spiro atoms. The van der Waals surface area contributed by atoms with E-state index >= 15 is 0 Å². The zero-order valence-corrected chi connectivity index (χ0v) is 28.5. The van der Waals surface area contributed by atoms with Crippen LogP contribution in [0.15, 0.2) is 97.1 Å². The fraction of sp³-hybridized carbons (Fsp3) is 0.333. The van der Waals surface area contributed by atoms with E-state index in [-0.39, 0.29) is 61.1 Å². The normalized spacial score (nSPS) is 17.4. The van der Waals surface area contributed by atoms with Crippen molar-refractivity contribution in [1.29, 1.82) is 5.41 Å². The molecule has 0 aromatic heterocycles.